The number of nitrogens with two attached hydrogens (primary N) is 1. The summed E-state index contributed by atoms with van der Waals surface area (Å²) in [4.78, 5) is 1.43. The third-order valence-corrected chi connectivity index (χ3v) is 6.00. The van der Waals surface area contributed by atoms with E-state index in [1.54, 1.807) is 11.8 Å². The Bertz CT molecular complexity index is 624. The van der Waals surface area contributed by atoms with Gasteiger partial charge in [0.1, 0.15) is 5.82 Å². The van der Waals surface area contributed by atoms with Gasteiger partial charge >= 0.3 is 0 Å². The predicted molar refractivity (Wildman–Crippen MR) is 88.9 cm³/mol. The first kappa shape index (κ1) is 14.9. The number of hydrogen-bond acceptors (Lipinski definition) is 5. The number of fused-ring (bicyclic) bond motifs is 1. The number of nitrogens with zero attached hydrogens (tertiary/aromatic N) is 3. The number of hydrogen-bond donors (Lipinski definition) is 1. The smallest absolute Gasteiger partial charge is 0.191 e. The van der Waals surface area contributed by atoms with Crippen LogP contribution in [-0.4, -0.2) is 26.3 Å². The van der Waals surface area contributed by atoms with E-state index in [2.05, 4.69) is 52.9 Å². The Labute approximate surface area is 133 Å². The minimum Gasteiger partial charge on any atom is -0.324 e. The minimum atomic E-state index is 0.339. The average Bonchev–Trinajstić information content (AvgIpc) is 3.08. The van der Waals surface area contributed by atoms with Crippen LogP contribution >= 0.6 is 23.5 Å². The summed E-state index contributed by atoms with van der Waals surface area (Å²) in [6, 6.07) is 9.05. The highest BCUT2D eigenvalue weighted by atomic mass is 32.2. The highest BCUT2D eigenvalue weighted by Gasteiger charge is 2.24. The SMILES string of the molecule is CC(C)n1c(CN)nnc1SCC1CSc2ccccc21. The van der Waals surface area contributed by atoms with E-state index >= 15 is 0 Å². The summed E-state index contributed by atoms with van der Waals surface area (Å²) in [5.41, 5.74) is 7.22. The number of rotatable bonds is 5. The molecule has 112 valence electrons. The second-order valence-electron chi connectivity index (χ2n) is 5.42. The average molecular weight is 320 g/mol. The fourth-order valence-corrected chi connectivity index (χ4v) is 5.21. The first-order chi connectivity index (χ1) is 10.2. The van der Waals surface area contributed by atoms with Gasteiger partial charge in [0.15, 0.2) is 5.16 Å². The molecule has 0 aliphatic carbocycles. The highest BCUT2D eigenvalue weighted by Crippen LogP contribution is 2.41. The van der Waals surface area contributed by atoms with E-state index in [9.17, 15) is 0 Å². The monoisotopic (exact) mass is 320 g/mol. The van der Waals surface area contributed by atoms with Crippen molar-refractivity contribution in [1.29, 1.82) is 0 Å². The lowest BCUT2D eigenvalue weighted by molar-refractivity contribution is 0.526. The Balaban J connectivity index is 1.73. The highest BCUT2D eigenvalue weighted by molar-refractivity contribution is 8.00. The summed E-state index contributed by atoms with van der Waals surface area (Å²) in [6.45, 7) is 4.73. The van der Waals surface area contributed by atoms with Crippen LogP contribution in [0.4, 0.5) is 0 Å². The van der Waals surface area contributed by atoms with E-state index in [0.717, 1.165) is 22.5 Å². The van der Waals surface area contributed by atoms with Crippen LogP contribution in [0, 0.1) is 0 Å². The van der Waals surface area contributed by atoms with Gasteiger partial charge in [-0.25, -0.2) is 0 Å². The van der Waals surface area contributed by atoms with E-state index in [-0.39, 0.29) is 0 Å². The van der Waals surface area contributed by atoms with E-state index in [1.807, 2.05) is 11.8 Å². The third-order valence-electron chi connectivity index (χ3n) is 3.65. The molecule has 3 rings (SSSR count). The molecule has 1 aliphatic heterocycles. The van der Waals surface area contributed by atoms with Gasteiger partial charge in [-0.15, -0.1) is 22.0 Å². The lowest BCUT2D eigenvalue weighted by Crippen LogP contribution is -2.12. The van der Waals surface area contributed by atoms with Gasteiger partial charge in [0.05, 0.1) is 6.54 Å². The van der Waals surface area contributed by atoms with Gasteiger partial charge in [0.25, 0.3) is 0 Å². The van der Waals surface area contributed by atoms with Gasteiger partial charge in [0, 0.05) is 28.4 Å². The molecule has 1 aromatic carbocycles. The molecule has 1 aromatic heterocycles. The fraction of sp³-hybridized carbons (Fsp3) is 0.467. The fourth-order valence-electron chi connectivity index (χ4n) is 2.61. The van der Waals surface area contributed by atoms with Crippen LogP contribution < -0.4 is 5.73 Å². The van der Waals surface area contributed by atoms with Crippen molar-refractivity contribution in [2.45, 2.75) is 42.4 Å². The quantitative estimate of drug-likeness (QED) is 0.857. The van der Waals surface area contributed by atoms with Crippen LogP contribution in [-0.2, 0) is 6.54 Å². The van der Waals surface area contributed by atoms with Crippen LogP contribution in [0.15, 0.2) is 34.3 Å². The molecule has 21 heavy (non-hydrogen) atoms. The lowest BCUT2D eigenvalue weighted by Gasteiger charge is -2.14. The largest absolute Gasteiger partial charge is 0.324 e. The Hall–Kier alpha value is -0.980. The van der Waals surface area contributed by atoms with Crippen LogP contribution in [0.2, 0.25) is 0 Å². The van der Waals surface area contributed by atoms with Crippen LogP contribution in [0.25, 0.3) is 0 Å². The maximum absolute atomic E-state index is 5.75. The number of benzene rings is 1. The summed E-state index contributed by atoms with van der Waals surface area (Å²) < 4.78 is 2.15. The van der Waals surface area contributed by atoms with Gasteiger partial charge < -0.3 is 10.3 Å². The zero-order valence-electron chi connectivity index (χ0n) is 12.3. The van der Waals surface area contributed by atoms with Crippen molar-refractivity contribution in [3.05, 3.63) is 35.7 Å². The first-order valence-corrected chi connectivity index (χ1v) is 9.16. The van der Waals surface area contributed by atoms with Crippen molar-refractivity contribution in [2.75, 3.05) is 11.5 Å². The second kappa shape index (κ2) is 6.42. The van der Waals surface area contributed by atoms with Crippen molar-refractivity contribution in [2.24, 2.45) is 5.73 Å². The number of aromatic nitrogens is 3. The molecule has 0 saturated carbocycles. The molecular weight excluding hydrogens is 300 g/mol. The summed E-state index contributed by atoms with van der Waals surface area (Å²) in [7, 11) is 0. The van der Waals surface area contributed by atoms with E-state index in [4.69, 9.17) is 5.73 Å². The molecule has 1 atom stereocenters. The lowest BCUT2D eigenvalue weighted by atomic mass is 10.0. The molecule has 1 unspecified atom stereocenters. The van der Waals surface area contributed by atoms with Crippen LogP contribution in [0.1, 0.15) is 37.2 Å². The van der Waals surface area contributed by atoms with Crippen LogP contribution in [0.5, 0.6) is 0 Å². The molecule has 6 heteroatoms. The summed E-state index contributed by atoms with van der Waals surface area (Å²) in [6.07, 6.45) is 0. The van der Waals surface area contributed by atoms with E-state index in [0.29, 0.717) is 18.5 Å². The molecule has 0 saturated heterocycles. The Morgan fingerprint density at radius 2 is 2.19 bits per heavy atom. The first-order valence-electron chi connectivity index (χ1n) is 7.19. The maximum Gasteiger partial charge on any atom is 0.191 e. The molecule has 0 bridgehead atoms. The summed E-state index contributed by atoms with van der Waals surface area (Å²) >= 11 is 3.75. The molecule has 4 nitrogen and oxygen atoms in total. The number of thioether (sulfide) groups is 2. The molecule has 2 heterocycles. The Morgan fingerprint density at radius 3 is 2.95 bits per heavy atom. The topological polar surface area (TPSA) is 56.7 Å². The molecule has 0 spiro atoms. The molecule has 1 aliphatic rings. The van der Waals surface area contributed by atoms with Crippen LogP contribution in [0.3, 0.4) is 0 Å². The normalized spacial score (nSPS) is 17.4. The van der Waals surface area contributed by atoms with E-state index in [1.165, 1.54) is 10.5 Å². The van der Waals surface area contributed by atoms with Crippen molar-refractivity contribution >= 4 is 23.5 Å². The molecule has 0 radical (unpaired) electrons. The maximum atomic E-state index is 5.75. The van der Waals surface area contributed by atoms with Gasteiger partial charge in [-0.3, -0.25) is 0 Å². The van der Waals surface area contributed by atoms with Crippen molar-refractivity contribution in [1.82, 2.24) is 14.8 Å². The zero-order valence-corrected chi connectivity index (χ0v) is 14.0. The Morgan fingerprint density at radius 1 is 1.38 bits per heavy atom. The van der Waals surface area contributed by atoms with Gasteiger partial charge in [-0.1, -0.05) is 30.0 Å². The molecule has 2 N–H and O–H groups in total. The zero-order chi connectivity index (χ0) is 14.8. The van der Waals surface area contributed by atoms with Crippen molar-refractivity contribution in [3.8, 4) is 0 Å². The van der Waals surface area contributed by atoms with Crippen molar-refractivity contribution in [3.63, 3.8) is 0 Å². The standard InChI is InChI=1S/C15H20N4S2/c1-10(2)19-14(7-16)17-18-15(19)21-9-11-8-20-13-6-4-3-5-12(11)13/h3-6,10-11H,7-9,16H2,1-2H3. The van der Waals surface area contributed by atoms with Gasteiger partial charge in [0.2, 0.25) is 0 Å². The molecule has 0 fully saturated rings. The van der Waals surface area contributed by atoms with E-state index < -0.39 is 0 Å². The minimum absolute atomic E-state index is 0.339. The second-order valence-corrected chi connectivity index (χ2v) is 7.47. The van der Waals surface area contributed by atoms with Gasteiger partial charge in [-0.05, 0) is 25.5 Å². The van der Waals surface area contributed by atoms with Crippen molar-refractivity contribution < 1.29 is 0 Å². The molecular formula is C15H20N4S2. The molecule has 0 amide bonds. The molecule has 2 aromatic rings. The van der Waals surface area contributed by atoms with Gasteiger partial charge in [-0.2, -0.15) is 0 Å². The summed E-state index contributed by atoms with van der Waals surface area (Å²) in [5, 5.41) is 9.51. The predicted octanol–water partition coefficient (Wildman–Crippen LogP) is 3.30. The third kappa shape index (κ3) is 2.98. The Kier molecular flexibility index (Phi) is 4.57. The summed E-state index contributed by atoms with van der Waals surface area (Å²) in [5.74, 6) is 3.66.